The molecular weight excluding hydrogens is 695 g/mol. The molecule has 3 heterocycles. The van der Waals surface area contributed by atoms with E-state index in [1.807, 2.05) is 55.5 Å². The molecule has 5 heteroatoms. The molecule has 10 rings (SSSR count). The summed E-state index contributed by atoms with van der Waals surface area (Å²) < 4.78 is 4.72. The molecule has 57 heavy (non-hydrogen) atoms. The number of para-hydroxylation sites is 3. The number of allylic oxidation sites excluding steroid dienone is 5. The lowest BCUT2D eigenvalue weighted by Gasteiger charge is -2.11. The summed E-state index contributed by atoms with van der Waals surface area (Å²) in [6.45, 7) is 6.02. The molecule has 0 atom stereocenters. The van der Waals surface area contributed by atoms with Gasteiger partial charge in [-0.2, -0.15) is 0 Å². The summed E-state index contributed by atoms with van der Waals surface area (Å²) in [5.41, 5.74) is 11.9. The summed E-state index contributed by atoms with van der Waals surface area (Å²) in [4.78, 5) is 14.8. The average molecular weight is 732 g/mol. The van der Waals surface area contributed by atoms with Gasteiger partial charge in [-0.1, -0.05) is 134 Å². The van der Waals surface area contributed by atoms with Gasteiger partial charge < -0.3 is 9.13 Å². The molecule has 0 aliphatic rings. The van der Waals surface area contributed by atoms with Gasteiger partial charge >= 0.3 is 0 Å². The number of hydrogen-bond donors (Lipinski definition) is 0. The fourth-order valence-electron chi connectivity index (χ4n) is 7.98. The first-order valence-electron chi connectivity index (χ1n) is 19.2. The maximum Gasteiger partial charge on any atom is 0.164 e. The number of aromatic nitrogens is 5. The van der Waals surface area contributed by atoms with Crippen LogP contribution in [0.2, 0.25) is 0 Å². The van der Waals surface area contributed by atoms with Crippen LogP contribution in [-0.4, -0.2) is 24.1 Å². The lowest BCUT2D eigenvalue weighted by Crippen LogP contribution is -2.02. The van der Waals surface area contributed by atoms with Crippen molar-refractivity contribution in [3.8, 4) is 45.3 Å². The summed E-state index contributed by atoms with van der Waals surface area (Å²) in [6, 6.07) is 60.2. The topological polar surface area (TPSA) is 48.5 Å². The van der Waals surface area contributed by atoms with Crippen LogP contribution in [0.15, 0.2) is 201 Å². The van der Waals surface area contributed by atoms with Gasteiger partial charge in [0.05, 0.1) is 22.1 Å². The van der Waals surface area contributed by atoms with Gasteiger partial charge in [-0.3, -0.25) is 0 Å². The van der Waals surface area contributed by atoms with Crippen LogP contribution < -0.4 is 0 Å². The van der Waals surface area contributed by atoms with Gasteiger partial charge in [-0.05, 0) is 84.8 Å². The number of rotatable bonds is 8. The number of fused-ring (bicyclic) bond motifs is 6. The van der Waals surface area contributed by atoms with Gasteiger partial charge in [0.25, 0.3) is 0 Å². The van der Waals surface area contributed by atoms with E-state index < -0.39 is 0 Å². The Hall–Kier alpha value is -7.63. The van der Waals surface area contributed by atoms with Crippen molar-refractivity contribution >= 4 is 49.2 Å². The lowest BCUT2D eigenvalue weighted by atomic mass is 10.0. The van der Waals surface area contributed by atoms with Crippen molar-refractivity contribution < 1.29 is 0 Å². The van der Waals surface area contributed by atoms with Gasteiger partial charge in [0.15, 0.2) is 17.5 Å². The van der Waals surface area contributed by atoms with E-state index in [4.69, 9.17) is 15.0 Å². The smallest absolute Gasteiger partial charge is 0.164 e. The Balaban J connectivity index is 1.09. The molecule has 0 N–H and O–H groups in total. The SMILES string of the molecule is C=C/C(=C\C=C/C)c1nc(-c2ccccc2)nc(-c2ccc(-n3c4ccccc4c4ccc(-c5ccc6c(c5)c5ccccc5n6-c5ccccc5)cc43)cc2)n1. The zero-order chi connectivity index (χ0) is 38.3. The van der Waals surface area contributed by atoms with Crippen LogP contribution in [-0.2, 0) is 0 Å². The molecule has 0 saturated heterocycles. The third-order valence-corrected chi connectivity index (χ3v) is 10.7. The van der Waals surface area contributed by atoms with E-state index in [2.05, 4.69) is 155 Å². The zero-order valence-electron chi connectivity index (χ0n) is 31.4. The number of nitrogens with zero attached hydrogens (tertiary/aromatic N) is 5. The zero-order valence-corrected chi connectivity index (χ0v) is 31.4. The van der Waals surface area contributed by atoms with E-state index in [0.717, 1.165) is 44.7 Å². The second-order valence-corrected chi connectivity index (χ2v) is 14.1. The molecule has 0 spiro atoms. The normalized spacial score (nSPS) is 12.1. The minimum Gasteiger partial charge on any atom is -0.309 e. The monoisotopic (exact) mass is 731 g/mol. The molecule has 3 aromatic heterocycles. The second-order valence-electron chi connectivity index (χ2n) is 14.1. The van der Waals surface area contributed by atoms with Crippen LogP contribution >= 0.6 is 0 Å². The van der Waals surface area contributed by atoms with Gasteiger partial charge in [-0.15, -0.1) is 0 Å². The quantitative estimate of drug-likeness (QED) is 0.146. The van der Waals surface area contributed by atoms with Crippen molar-refractivity contribution in [3.63, 3.8) is 0 Å². The Morgan fingerprint density at radius 3 is 1.65 bits per heavy atom. The molecule has 0 aliphatic heterocycles. The minimum atomic E-state index is 0.578. The largest absolute Gasteiger partial charge is 0.309 e. The molecule has 0 fully saturated rings. The maximum absolute atomic E-state index is 4.96. The Kier molecular flexibility index (Phi) is 8.46. The van der Waals surface area contributed by atoms with E-state index in [1.165, 1.54) is 38.1 Å². The predicted octanol–water partition coefficient (Wildman–Crippen LogP) is 13.2. The molecule has 10 aromatic rings. The third kappa shape index (κ3) is 5.94. The highest BCUT2D eigenvalue weighted by atomic mass is 15.0. The first-order chi connectivity index (χ1) is 28.2. The highest BCUT2D eigenvalue weighted by Crippen LogP contribution is 2.38. The molecular formula is C52H37N5. The molecule has 5 nitrogen and oxygen atoms in total. The van der Waals surface area contributed by atoms with Crippen molar-refractivity contribution in [2.75, 3.05) is 0 Å². The first kappa shape index (κ1) is 33.9. The van der Waals surface area contributed by atoms with Crippen LogP contribution in [0.5, 0.6) is 0 Å². The fraction of sp³-hybridized carbons (Fsp3) is 0.0192. The van der Waals surface area contributed by atoms with Crippen LogP contribution in [0.3, 0.4) is 0 Å². The van der Waals surface area contributed by atoms with Crippen molar-refractivity contribution in [2.24, 2.45) is 0 Å². The Morgan fingerprint density at radius 1 is 0.456 bits per heavy atom. The summed E-state index contributed by atoms with van der Waals surface area (Å²) >= 11 is 0. The Labute approximate surface area is 330 Å². The minimum absolute atomic E-state index is 0.578. The van der Waals surface area contributed by atoms with E-state index in [0.29, 0.717) is 17.5 Å². The lowest BCUT2D eigenvalue weighted by molar-refractivity contribution is 1.04. The molecule has 0 amide bonds. The Bertz CT molecular complexity index is 3180. The van der Waals surface area contributed by atoms with Crippen molar-refractivity contribution in [2.45, 2.75) is 6.92 Å². The van der Waals surface area contributed by atoms with Gasteiger partial charge in [0.2, 0.25) is 0 Å². The van der Waals surface area contributed by atoms with Crippen molar-refractivity contribution in [1.82, 2.24) is 24.1 Å². The van der Waals surface area contributed by atoms with Gasteiger partial charge in [0, 0.05) is 49.6 Å². The highest BCUT2D eigenvalue weighted by Gasteiger charge is 2.17. The van der Waals surface area contributed by atoms with Crippen LogP contribution in [0.4, 0.5) is 0 Å². The predicted molar refractivity (Wildman–Crippen MR) is 238 cm³/mol. The fourth-order valence-corrected chi connectivity index (χ4v) is 7.98. The molecule has 7 aromatic carbocycles. The van der Waals surface area contributed by atoms with E-state index in [-0.39, 0.29) is 0 Å². The van der Waals surface area contributed by atoms with Crippen LogP contribution in [0.1, 0.15) is 12.7 Å². The molecule has 0 radical (unpaired) electrons. The third-order valence-electron chi connectivity index (χ3n) is 10.7. The molecule has 0 bridgehead atoms. The first-order valence-corrected chi connectivity index (χ1v) is 19.2. The summed E-state index contributed by atoms with van der Waals surface area (Å²) in [7, 11) is 0. The van der Waals surface area contributed by atoms with E-state index in [1.54, 1.807) is 6.08 Å². The van der Waals surface area contributed by atoms with E-state index >= 15 is 0 Å². The Morgan fingerprint density at radius 2 is 0.965 bits per heavy atom. The molecule has 270 valence electrons. The van der Waals surface area contributed by atoms with Gasteiger partial charge in [0.1, 0.15) is 0 Å². The molecule has 0 unspecified atom stereocenters. The number of benzene rings is 7. The molecule has 0 aliphatic carbocycles. The van der Waals surface area contributed by atoms with Crippen LogP contribution in [0.25, 0.3) is 94.5 Å². The number of hydrogen-bond acceptors (Lipinski definition) is 3. The van der Waals surface area contributed by atoms with Gasteiger partial charge in [-0.25, -0.2) is 15.0 Å². The van der Waals surface area contributed by atoms with E-state index in [9.17, 15) is 0 Å². The summed E-state index contributed by atoms with van der Waals surface area (Å²) in [5.74, 6) is 1.80. The highest BCUT2D eigenvalue weighted by molar-refractivity contribution is 6.12. The van der Waals surface area contributed by atoms with Crippen molar-refractivity contribution in [1.29, 1.82) is 0 Å². The van der Waals surface area contributed by atoms with Crippen molar-refractivity contribution in [3.05, 3.63) is 207 Å². The summed E-state index contributed by atoms with van der Waals surface area (Å²) in [5, 5.41) is 4.89. The summed E-state index contributed by atoms with van der Waals surface area (Å²) in [6.07, 6.45) is 7.71. The van der Waals surface area contributed by atoms with Crippen LogP contribution in [0, 0.1) is 0 Å². The maximum atomic E-state index is 4.96. The average Bonchev–Trinajstić information content (AvgIpc) is 3.79. The molecule has 0 saturated carbocycles. The standard InChI is InChI=1S/C52H37N5/c1-3-5-16-35(4-2)50-53-51(36-17-8-6-9-18-36)55-52(54-50)37-25-29-41(30-26-37)57-46-23-14-12-21-42(46)44-31-27-39(34-49(44)57)38-28-32-48-45(33-38)43-22-13-15-24-47(43)56(48)40-19-10-7-11-20-40/h3-34H,2H2,1H3/b5-3-,35-16+. The second kappa shape index (κ2) is 14.2.